The molecule has 1 heterocycles. The molecule has 3 aromatic rings. The Morgan fingerprint density at radius 1 is 1.15 bits per heavy atom. The summed E-state index contributed by atoms with van der Waals surface area (Å²) in [7, 11) is 0. The maximum Gasteiger partial charge on any atom is 0.246 e. The third kappa shape index (κ3) is 4.84. The summed E-state index contributed by atoms with van der Waals surface area (Å²) in [5.41, 5.74) is 1.59. The highest BCUT2D eigenvalue weighted by atomic mass is 79.9. The Kier molecular flexibility index (Phi) is 6.29. The number of halogens is 3. The van der Waals surface area contributed by atoms with Crippen molar-refractivity contribution in [2.24, 2.45) is 0 Å². The molecule has 2 aromatic carbocycles. The predicted molar refractivity (Wildman–Crippen MR) is 104 cm³/mol. The largest absolute Gasteiger partial charge is 0.347 e. The van der Waals surface area contributed by atoms with Crippen molar-refractivity contribution in [3.63, 3.8) is 0 Å². The standard InChI is InChI=1S/C18H14BrCl2N3O2/c19-12-4-1-3-11(9-12)18-23-17(26-24-18)10-22-16(25)8-7-13-14(20)5-2-6-15(13)21/h1-6,9H,7-8,10H2,(H,22,25). The minimum atomic E-state index is -0.150. The Morgan fingerprint density at radius 3 is 2.62 bits per heavy atom. The predicted octanol–water partition coefficient (Wildman–Crippen LogP) is 5.05. The highest BCUT2D eigenvalue weighted by Crippen LogP contribution is 2.25. The van der Waals surface area contributed by atoms with Crippen molar-refractivity contribution < 1.29 is 9.32 Å². The maximum absolute atomic E-state index is 12.0. The molecule has 0 atom stereocenters. The van der Waals surface area contributed by atoms with Crippen LogP contribution < -0.4 is 5.32 Å². The minimum Gasteiger partial charge on any atom is -0.347 e. The van der Waals surface area contributed by atoms with Crippen molar-refractivity contribution in [3.8, 4) is 11.4 Å². The van der Waals surface area contributed by atoms with Gasteiger partial charge in [0.15, 0.2) is 0 Å². The van der Waals surface area contributed by atoms with Gasteiger partial charge < -0.3 is 9.84 Å². The summed E-state index contributed by atoms with van der Waals surface area (Å²) in [6.45, 7) is 0.163. The molecule has 0 radical (unpaired) electrons. The van der Waals surface area contributed by atoms with Crippen LogP contribution in [0.4, 0.5) is 0 Å². The van der Waals surface area contributed by atoms with Crippen molar-refractivity contribution in [2.75, 3.05) is 0 Å². The number of nitrogens with one attached hydrogen (secondary N) is 1. The van der Waals surface area contributed by atoms with Gasteiger partial charge in [-0.1, -0.05) is 62.5 Å². The van der Waals surface area contributed by atoms with Crippen LogP contribution in [-0.4, -0.2) is 16.0 Å². The van der Waals surface area contributed by atoms with Crippen molar-refractivity contribution in [2.45, 2.75) is 19.4 Å². The van der Waals surface area contributed by atoms with Crippen LogP contribution in [0.3, 0.4) is 0 Å². The average molecular weight is 455 g/mol. The number of hydrogen-bond acceptors (Lipinski definition) is 4. The van der Waals surface area contributed by atoms with E-state index in [0.29, 0.717) is 28.2 Å². The lowest BCUT2D eigenvalue weighted by Gasteiger charge is -2.06. The number of amides is 1. The first-order chi connectivity index (χ1) is 12.5. The minimum absolute atomic E-state index is 0.150. The van der Waals surface area contributed by atoms with E-state index < -0.39 is 0 Å². The van der Waals surface area contributed by atoms with Gasteiger partial charge in [-0.2, -0.15) is 4.98 Å². The second-order valence-electron chi connectivity index (χ2n) is 5.50. The van der Waals surface area contributed by atoms with Crippen LogP contribution in [0.25, 0.3) is 11.4 Å². The Hall–Kier alpha value is -1.89. The fraction of sp³-hybridized carbons (Fsp3) is 0.167. The summed E-state index contributed by atoms with van der Waals surface area (Å²) >= 11 is 15.6. The molecule has 134 valence electrons. The van der Waals surface area contributed by atoms with Gasteiger partial charge in [-0.3, -0.25) is 4.79 Å². The monoisotopic (exact) mass is 453 g/mol. The molecule has 8 heteroatoms. The molecule has 5 nitrogen and oxygen atoms in total. The normalized spacial score (nSPS) is 10.7. The third-order valence-corrected chi connectivity index (χ3v) is 4.85. The van der Waals surface area contributed by atoms with E-state index in [4.69, 9.17) is 27.7 Å². The average Bonchev–Trinajstić information content (AvgIpc) is 3.09. The van der Waals surface area contributed by atoms with E-state index >= 15 is 0 Å². The highest BCUT2D eigenvalue weighted by Gasteiger charge is 2.12. The summed E-state index contributed by atoms with van der Waals surface area (Å²) in [6, 6.07) is 12.8. The number of hydrogen-bond donors (Lipinski definition) is 1. The smallest absolute Gasteiger partial charge is 0.246 e. The SMILES string of the molecule is O=C(CCc1c(Cl)cccc1Cl)NCc1nc(-c2cccc(Br)c2)no1. The van der Waals surface area contributed by atoms with E-state index in [-0.39, 0.29) is 18.9 Å². The molecular formula is C18H14BrCl2N3O2. The van der Waals surface area contributed by atoms with Gasteiger partial charge in [0.2, 0.25) is 17.6 Å². The number of carbonyl (C=O) groups excluding carboxylic acids is 1. The number of benzene rings is 2. The van der Waals surface area contributed by atoms with Crippen molar-refractivity contribution in [1.82, 2.24) is 15.5 Å². The summed E-state index contributed by atoms with van der Waals surface area (Å²) in [5.74, 6) is 0.658. The second kappa shape index (κ2) is 8.66. The van der Waals surface area contributed by atoms with E-state index in [1.807, 2.05) is 24.3 Å². The molecule has 0 bridgehead atoms. The third-order valence-electron chi connectivity index (χ3n) is 3.65. The Labute approximate surface area is 168 Å². The summed E-state index contributed by atoms with van der Waals surface area (Å²) in [6.07, 6.45) is 0.716. The van der Waals surface area contributed by atoms with Gasteiger partial charge in [0.05, 0.1) is 6.54 Å². The molecule has 0 unspecified atom stereocenters. The Morgan fingerprint density at radius 2 is 1.88 bits per heavy atom. The Balaban J connectivity index is 1.54. The number of rotatable bonds is 6. The van der Waals surface area contributed by atoms with Gasteiger partial charge in [-0.25, -0.2) is 0 Å². The first-order valence-corrected chi connectivity index (χ1v) is 9.36. The molecule has 0 aliphatic carbocycles. The molecule has 1 amide bonds. The van der Waals surface area contributed by atoms with Crippen LogP contribution in [0.1, 0.15) is 17.9 Å². The van der Waals surface area contributed by atoms with Gasteiger partial charge in [0.25, 0.3) is 0 Å². The summed E-state index contributed by atoms with van der Waals surface area (Å²) in [4.78, 5) is 16.3. The number of carbonyl (C=O) groups is 1. The molecule has 0 spiro atoms. The first kappa shape index (κ1) is 18.9. The van der Waals surface area contributed by atoms with Gasteiger partial charge in [-0.15, -0.1) is 0 Å². The molecule has 1 N–H and O–H groups in total. The molecule has 0 saturated carbocycles. The second-order valence-corrected chi connectivity index (χ2v) is 7.23. The fourth-order valence-corrected chi connectivity index (χ4v) is 3.33. The number of aromatic nitrogens is 2. The highest BCUT2D eigenvalue weighted by molar-refractivity contribution is 9.10. The first-order valence-electron chi connectivity index (χ1n) is 7.81. The topological polar surface area (TPSA) is 68.0 Å². The van der Waals surface area contributed by atoms with Crippen LogP contribution in [0.15, 0.2) is 51.5 Å². The molecular weight excluding hydrogens is 441 g/mol. The van der Waals surface area contributed by atoms with Crippen molar-refractivity contribution in [1.29, 1.82) is 0 Å². The zero-order chi connectivity index (χ0) is 18.5. The van der Waals surface area contributed by atoms with Crippen LogP contribution >= 0.6 is 39.1 Å². The summed E-state index contributed by atoms with van der Waals surface area (Å²) in [5, 5.41) is 7.80. The van der Waals surface area contributed by atoms with Gasteiger partial charge in [-0.05, 0) is 36.2 Å². The van der Waals surface area contributed by atoms with Crippen molar-refractivity contribution >= 4 is 45.0 Å². The zero-order valence-electron chi connectivity index (χ0n) is 13.5. The van der Waals surface area contributed by atoms with Gasteiger partial charge in [0, 0.05) is 26.5 Å². The van der Waals surface area contributed by atoms with E-state index in [1.54, 1.807) is 18.2 Å². The quantitative estimate of drug-likeness (QED) is 0.565. The molecule has 0 saturated heterocycles. The zero-order valence-corrected chi connectivity index (χ0v) is 16.6. The van der Waals surface area contributed by atoms with Crippen molar-refractivity contribution in [3.05, 3.63) is 68.4 Å². The lowest BCUT2D eigenvalue weighted by molar-refractivity contribution is -0.121. The van der Waals surface area contributed by atoms with Gasteiger partial charge >= 0.3 is 0 Å². The van der Waals surface area contributed by atoms with Crippen LogP contribution in [0, 0.1) is 0 Å². The molecule has 26 heavy (non-hydrogen) atoms. The molecule has 1 aromatic heterocycles. The fourth-order valence-electron chi connectivity index (χ4n) is 2.34. The molecule has 3 rings (SSSR count). The Bertz CT molecular complexity index is 910. The number of nitrogens with zero attached hydrogens (tertiary/aromatic N) is 2. The lowest BCUT2D eigenvalue weighted by Crippen LogP contribution is -2.23. The molecule has 0 aliphatic rings. The van der Waals surface area contributed by atoms with E-state index in [9.17, 15) is 4.79 Å². The molecule has 0 fully saturated rings. The lowest BCUT2D eigenvalue weighted by atomic mass is 10.1. The van der Waals surface area contributed by atoms with E-state index in [0.717, 1.165) is 15.6 Å². The van der Waals surface area contributed by atoms with Crippen LogP contribution in [0.5, 0.6) is 0 Å². The van der Waals surface area contributed by atoms with Gasteiger partial charge in [0.1, 0.15) is 0 Å². The van der Waals surface area contributed by atoms with Crippen LogP contribution in [0.2, 0.25) is 10.0 Å². The van der Waals surface area contributed by atoms with E-state index in [1.165, 1.54) is 0 Å². The molecule has 0 aliphatic heterocycles. The maximum atomic E-state index is 12.0. The van der Waals surface area contributed by atoms with E-state index in [2.05, 4.69) is 31.4 Å². The van der Waals surface area contributed by atoms with Crippen LogP contribution in [-0.2, 0) is 17.8 Å². The summed E-state index contributed by atoms with van der Waals surface area (Å²) < 4.78 is 6.10.